The third-order valence-corrected chi connectivity index (χ3v) is 2.92. The minimum atomic E-state index is -0.668. The fourth-order valence-electron chi connectivity index (χ4n) is 1.55. The Hall–Kier alpha value is -1.88. The van der Waals surface area contributed by atoms with Gasteiger partial charge < -0.3 is 5.32 Å². The standard InChI is InChI=1S/C14H11F2NOS/c1-8-6-12(16)13(7-11(8)15)17-14(18)9-2-4-10(19)5-3-9/h2-7,19H,1H3,(H,17,18). The maximum Gasteiger partial charge on any atom is 0.255 e. The van der Waals surface area contributed by atoms with E-state index >= 15 is 0 Å². The van der Waals surface area contributed by atoms with Crippen LogP contribution in [0.1, 0.15) is 15.9 Å². The fraction of sp³-hybridized carbons (Fsp3) is 0.0714. The summed E-state index contributed by atoms with van der Waals surface area (Å²) in [7, 11) is 0. The van der Waals surface area contributed by atoms with Gasteiger partial charge in [0.25, 0.3) is 5.91 Å². The highest BCUT2D eigenvalue weighted by Crippen LogP contribution is 2.19. The van der Waals surface area contributed by atoms with Crippen molar-refractivity contribution in [1.29, 1.82) is 0 Å². The molecule has 2 rings (SSSR count). The van der Waals surface area contributed by atoms with Gasteiger partial charge in [-0.05, 0) is 42.8 Å². The second-order valence-corrected chi connectivity index (χ2v) is 4.60. The van der Waals surface area contributed by atoms with Crippen LogP contribution in [0.2, 0.25) is 0 Å². The molecule has 1 N–H and O–H groups in total. The second kappa shape index (κ2) is 5.40. The zero-order chi connectivity index (χ0) is 14.0. The molecule has 2 aromatic rings. The Labute approximate surface area is 114 Å². The van der Waals surface area contributed by atoms with Gasteiger partial charge in [-0.2, -0.15) is 0 Å². The summed E-state index contributed by atoms with van der Waals surface area (Å²) >= 11 is 4.10. The van der Waals surface area contributed by atoms with Gasteiger partial charge in [-0.15, -0.1) is 12.6 Å². The van der Waals surface area contributed by atoms with E-state index in [4.69, 9.17) is 0 Å². The van der Waals surface area contributed by atoms with Gasteiger partial charge in [0.2, 0.25) is 0 Å². The number of thiol groups is 1. The van der Waals surface area contributed by atoms with E-state index < -0.39 is 17.5 Å². The van der Waals surface area contributed by atoms with Crippen molar-refractivity contribution in [3.8, 4) is 0 Å². The van der Waals surface area contributed by atoms with Gasteiger partial charge in [0, 0.05) is 16.5 Å². The lowest BCUT2D eigenvalue weighted by Gasteiger charge is -2.08. The molecule has 19 heavy (non-hydrogen) atoms. The average Bonchev–Trinajstić information content (AvgIpc) is 2.36. The minimum Gasteiger partial charge on any atom is -0.319 e. The number of amides is 1. The number of nitrogens with one attached hydrogen (secondary N) is 1. The summed E-state index contributed by atoms with van der Waals surface area (Å²) in [5, 5.41) is 2.34. The first-order valence-corrected chi connectivity index (χ1v) is 5.98. The molecule has 5 heteroatoms. The molecule has 0 spiro atoms. The Morgan fingerprint density at radius 3 is 2.37 bits per heavy atom. The van der Waals surface area contributed by atoms with Crippen molar-refractivity contribution in [2.24, 2.45) is 0 Å². The normalized spacial score (nSPS) is 10.3. The van der Waals surface area contributed by atoms with Crippen LogP contribution in [-0.2, 0) is 0 Å². The number of halogens is 2. The van der Waals surface area contributed by atoms with Crippen LogP contribution in [0.15, 0.2) is 41.3 Å². The van der Waals surface area contributed by atoms with E-state index in [1.807, 2.05) is 0 Å². The lowest BCUT2D eigenvalue weighted by Crippen LogP contribution is -2.13. The number of rotatable bonds is 2. The summed E-state index contributed by atoms with van der Waals surface area (Å²) in [5.41, 5.74) is 0.358. The molecular formula is C14H11F2NOS. The van der Waals surface area contributed by atoms with E-state index in [0.29, 0.717) is 10.5 Å². The topological polar surface area (TPSA) is 29.1 Å². The van der Waals surface area contributed by atoms with Gasteiger partial charge in [0.1, 0.15) is 11.6 Å². The van der Waals surface area contributed by atoms with Gasteiger partial charge in [-0.3, -0.25) is 4.79 Å². The summed E-state index contributed by atoms with van der Waals surface area (Å²) in [5.74, 6) is -1.74. The molecule has 0 aliphatic carbocycles. The molecule has 0 unspecified atom stereocenters. The van der Waals surface area contributed by atoms with Crippen molar-refractivity contribution in [3.63, 3.8) is 0 Å². The van der Waals surface area contributed by atoms with Gasteiger partial charge in [-0.1, -0.05) is 0 Å². The summed E-state index contributed by atoms with van der Waals surface area (Å²) in [6, 6.07) is 8.41. The van der Waals surface area contributed by atoms with Crippen LogP contribution in [0.5, 0.6) is 0 Å². The number of benzene rings is 2. The Balaban J connectivity index is 2.24. The number of hydrogen-bond acceptors (Lipinski definition) is 2. The minimum absolute atomic E-state index is 0.178. The van der Waals surface area contributed by atoms with E-state index in [1.54, 1.807) is 24.3 Å². The molecule has 0 aliphatic rings. The SMILES string of the molecule is Cc1cc(F)c(NC(=O)c2ccc(S)cc2)cc1F. The zero-order valence-electron chi connectivity index (χ0n) is 10.1. The average molecular weight is 279 g/mol. The van der Waals surface area contributed by atoms with E-state index in [9.17, 15) is 13.6 Å². The quantitative estimate of drug-likeness (QED) is 0.804. The highest BCUT2D eigenvalue weighted by Gasteiger charge is 2.11. The molecule has 0 atom stereocenters. The number of carbonyl (C=O) groups excluding carboxylic acids is 1. The number of anilines is 1. The maximum atomic E-state index is 13.6. The lowest BCUT2D eigenvalue weighted by molar-refractivity contribution is 0.102. The lowest BCUT2D eigenvalue weighted by atomic mass is 10.1. The highest BCUT2D eigenvalue weighted by molar-refractivity contribution is 7.80. The van der Waals surface area contributed by atoms with Gasteiger partial charge in [0.05, 0.1) is 5.69 Å². The smallest absolute Gasteiger partial charge is 0.255 e. The van der Waals surface area contributed by atoms with Crippen molar-refractivity contribution < 1.29 is 13.6 Å². The molecule has 0 bridgehead atoms. The van der Waals surface area contributed by atoms with E-state index in [2.05, 4.69) is 17.9 Å². The number of aryl methyl sites for hydroxylation is 1. The molecule has 0 aromatic heterocycles. The number of hydrogen-bond donors (Lipinski definition) is 2. The van der Waals surface area contributed by atoms with Crippen LogP contribution in [0.3, 0.4) is 0 Å². The van der Waals surface area contributed by atoms with Crippen LogP contribution in [0.25, 0.3) is 0 Å². The Bertz CT molecular complexity index is 626. The van der Waals surface area contributed by atoms with E-state index in [1.165, 1.54) is 6.92 Å². The molecule has 98 valence electrons. The first-order valence-electron chi connectivity index (χ1n) is 5.53. The largest absolute Gasteiger partial charge is 0.319 e. The van der Waals surface area contributed by atoms with Crippen molar-refractivity contribution in [3.05, 3.63) is 59.2 Å². The van der Waals surface area contributed by atoms with Crippen molar-refractivity contribution in [2.45, 2.75) is 11.8 Å². The Kier molecular flexibility index (Phi) is 3.85. The monoisotopic (exact) mass is 279 g/mol. The first-order chi connectivity index (χ1) is 8.97. The van der Waals surface area contributed by atoms with Crippen LogP contribution in [-0.4, -0.2) is 5.91 Å². The zero-order valence-corrected chi connectivity index (χ0v) is 11.0. The summed E-state index contributed by atoms with van der Waals surface area (Å²) in [4.78, 5) is 12.6. The van der Waals surface area contributed by atoms with Crippen LogP contribution >= 0.6 is 12.6 Å². The summed E-state index contributed by atoms with van der Waals surface area (Å²) < 4.78 is 26.9. The summed E-state index contributed by atoms with van der Waals surface area (Å²) in [6.07, 6.45) is 0. The van der Waals surface area contributed by atoms with Gasteiger partial charge in [0.15, 0.2) is 0 Å². The molecule has 0 radical (unpaired) electrons. The van der Waals surface area contributed by atoms with Gasteiger partial charge >= 0.3 is 0 Å². The summed E-state index contributed by atoms with van der Waals surface area (Å²) in [6.45, 7) is 1.45. The van der Waals surface area contributed by atoms with Gasteiger partial charge in [-0.25, -0.2) is 8.78 Å². The molecule has 2 nitrogen and oxygen atoms in total. The molecule has 0 fully saturated rings. The maximum absolute atomic E-state index is 13.6. The Morgan fingerprint density at radius 2 is 1.74 bits per heavy atom. The molecule has 1 amide bonds. The predicted molar refractivity (Wildman–Crippen MR) is 72.7 cm³/mol. The predicted octanol–water partition coefficient (Wildman–Crippen LogP) is 3.81. The number of carbonyl (C=O) groups is 1. The molecule has 2 aromatic carbocycles. The molecule has 0 saturated heterocycles. The third kappa shape index (κ3) is 3.12. The highest BCUT2D eigenvalue weighted by atomic mass is 32.1. The third-order valence-electron chi connectivity index (χ3n) is 2.63. The molecule has 0 heterocycles. The van der Waals surface area contributed by atoms with Crippen LogP contribution < -0.4 is 5.32 Å². The molecule has 0 saturated carbocycles. The molecular weight excluding hydrogens is 268 g/mol. The van der Waals surface area contributed by atoms with Crippen molar-refractivity contribution in [2.75, 3.05) is 5.32 Å². The first kappa shape index (κ1) is 13.5. The molecule has 0 aliphatic heterocycles. The second-order valence-electron chi connectivity index (χ2n) is 4.08. The van der Waals surface area contributed by atoms with E-state index in [0.717, 1.165) is 12.1 Å². The van der Waals surface area contributed by atoms with Crippen LogP contribution in [0, 0.1) is 18.6 Å². The fourth-order valence-corrected chi connectivity index (χ4v) is 1.70. The van der Waals surface area contributed by atoms with Crippen molar-refractivity contribution >= 4 is 24.2 Å². The van der Waals surface area contributed by atoms with Crippen LogP contribution in [0.4, 0.5) is 14.5 Å². The van der Waals surface area contributed by atoms with E-state index in [-0.39, 0.29) is 11.3 Å². The van der Waals surface area contributed by atoms with Crippen molar-refractivity contribution in [1.82, 2.24) is 0 Å². The Morgan fingerprint density at radius 1 is 1.11 bits per heavy atom.